The molecule has 29 heavy (non-hydrogen) atoms. The van der Waals surface area contributed by atoms with E-state index in [1.807, 2.05) is 26.8 Å². The minimum absolute atomic E-state index is 0.0425. The van der Waals surface area contributed by atoms with Crippen LogP contribution in [0.1, 0.15) is 26.3 Å². The number of benzene rings is 2. The van der Waals surface area contributed by atoms with Gasteiger partial charge in [-0.2, -0.15) is 18.2 Å². The normalized spacial score (nSPS) is 11.8. The number of ether oxygens (including phenoxy) is 1. The SMILES string of the molecule is CC(C)(C)Oc1ccccc1Nc1nc(Nc2ccccc2)ncc1C(F)(F)F. The van der Waals surface area contributed by atoms with Gasteiger partial charge in [0.05, 0.1) is 5.69 Å². The molecule has 8 heteroatoms. The van der Waals surface area contributed by atoms with E-state index in [1.54, 1.807) is 48.5 Å². The van der Waals surface area contributed by atoms with Crippen LogP contribution in [0.4, 0.5) is 36.3 Å². The summed E-state index contributed by atoms with van der Waals surface area (Å²) in [5.74, 6) is 0.0983. The summed E-state index contributed by atoms with van der Waals surface area (Å²) >= 11 is 0. The fourth-order valence-electron chi connectivity index (χ4n) is 2.51. The Kier molecular flexibility index (Phi) is 5.63. The maximum absolute atomic E-state index is 13.5. The number of halogens is 3. The first kappa shape index (κ1) is 20.4. The molecule has 1 aromatic heterocycles. The molecule has 0 saturated carbocycles. The van der Waals surface area contributed by atoms with Crippen molar-refractivity contribution in [1.29, 1.82) is 0 Å². The highest BCUT2D eigenvalue weighted by Gasteiger charge is 2.35. The van der Waals surface area contributed by atoms with Gasteiger partial charge in [-0.25, -0.2) is 4.98 Å². The van der Waals surface area contributed by atoms with Crippen LogP contribution in [0.15, 0.2) is 60.8 Å². The summed E-state index contributed by atoms with van der Waals surface area (Å²) in [6, 6.07) is 15.7. The molecule has 0 atom stereocenters. The zero-order chi connectivity index (χ0) is 21.1. The number of nitrogens with one attached hydrogen (secondary N) is 2. The number of hydrogen-bond acceptors (Lipinski definition) is 5. The Morgan fingerprint density at radius 1 is 0.862 bits per heavy atom. The monoisotopic (exact) mass is 402 g/mol. The number of anilines is 4. The van der Waals surface area contributed by atoms with Crippen LogP contribution in [-0.2, 0) is 6.18 Å². The molecule has 0 fully saturated rings. The van der Waals surface area contributed by atoms with Crippen LogP contribution in [0.2, 0.25) is 0 Å². The molecule has 3 aromatic rings. The zero-order valence-electron chi connectivity index (χ0n) is 16.2. The van der Waals surface area contributed by atoms with Gasteiger partial charge >= 0.3 is 6.18 Å². The van der Waals surface area contributed by atoms with E-state index < -0.39 is 17.3 Å². The molecule has 0 bridgehead atoms. The van der Waals surface area contributed by atoms with Gasteiger partial charge in [-0.05, 0) is 45.0 Å². The fourth-order valence-corrected chi connectivity index (χ4v) is 2.51. The van der Waals surface area contributed by atoms with Gasteiger partial charge in [-0.3, -0.25) is 0 Å². The van der Waals surface area contributed by atoms with Crippen molar-refractivity contribution in [1.82, 2.24) is 9.97 Å². The summed E-state index contributed by atoms with van der Waals surface area (Å²) < 4.78 is 46.4. The smallest absolute Gasteiger partial charge is 0.421 e. The molecule has 2 N–H and O–H groups in total. The average Bonchev–Trinajstić information content (AvgIpc) is 2.62. The third-order valence-corrected chi connectivity index (χ3v) is 3.68. The van der Waals surface area contributed by atoms with E-state index in [2.05, 4.69) is 20.6 Å². The topological polar surface area (TPSA) is 59.1 Å². The van der Waals surface area contributed by atoms with Crippen molar-refractivity contribution >= 4 is 23.1 Å². The van der Waals surface area contributed by atoms with Gasteiger partial charge < -0.3 is 15.4 Å². The number of aromatic nitrogens is 2. The Labute approximate surface area is 167 Å². The molecule has 1 heterocycles. The zero-order valence-corrected chi connectivity index (χ0v) is 16.2. The lowest BCUT2D eigenvalue weighted by Crippen LogP contribution is -2.23. The molecule has 2 aromatic carbocycles. The van der Waals surface area contributed by atoms with E-state index in [0.29, 0.717) is 17.1 Å². The van der Waals surface area contributed by atoms with Gasteiger partial charge in [0.1, 0.15) is 22.7 Å². The fraction of sp³-hybridized carbons (Fsp3) is 0.238. The second kappa shape index (κ2) is 7.98. The first-order valence-corrected chi connectivity index (χ1v) is 8.93. The lowest BCUT2D eigenvalue weighted by molar-refractivity contribution is -0.137. The first-order valence-electron chi connectivity index (χ1n) is 8.93. The molecule has 5 nitrogen and oxygen atoms in total. The molecule has 152 valence electrons. The number of para-hydroxylation sites is 3. The maximum atomic E-state index is 13.5. The van der Waals surface area contributed by atoms with Crippen LogP contribution in [0.3, 0.4) is 0 Å². The number of hydrogen-bond donors (Lipinski definition) is 2. The predicted molar refractivity (Wildman–Crippen MR) is 107 cm³/mol. The average molecular weight is 402 g/mol. The van der Waals surface area contributed by atoms with E-state index in [1.165, 1.54) is 0 Å². The quantitative estimate of drug-likeness (QED) is 0.535. The molecule has 0 amide bonds. The Hall–Kier alpha value is -3.29. The summed E-state index contributed by atoms with van der Waals surface area (Å²) in [4.78, 5) is 7.87. The van der Waals surface area contributed by atoms with Crippen molar-refractivity contribution in [2.45, 2.75) is 32.5 Å². The molecular weight excluding hydrogens is 381 g/mol. The molecule has 0 saturated heterocycles. The van der Waals surface area contributed by atoms with Crippen LogP contribution in [-0.4, -0.2) is 15.6 Å². The van der Waals surface area contributed by atoms with Crippen molar-refractivity contribution in [2.24, 2.45) is 0 Å². The standard InChI is InChI=1S/C21H21F3N4O/c1-20(2,3)29-17-12-8-7-11-16(17)27-18-15(21(22,23)24)13-25-19(28-18)26-14-9-5-4-6-10-14/h4-13H,1-3H3,(H2,25,26,27,28). The molecule has 0 aliphatic rings. The number of alkyl halides is 3. The molecule has 0 aliphatic carbocycles. The van der Waals surface area contributed by atoms with Crippen LogP contribution in [0, 0.1) is 0 Å². The molecule has 0 aliphatic heterocycles. The predicted octanol–water partition coefficient (Wildman–Crippen LogP) is 6.16. The van der Waals surface area contributed by atoms with Crippen molar-refractivity contribution in [3.05, 3.63) is 66.4 Å². The highest BCUT2D eigenvalue weighted by Crippen LogP contribution is 2.37. The summed E-state index contributed by atoms with van der Waals surface area (Å²) in [6.07, 6.45) is -3.86. The highest BCUT2D eigenvalue weighted by atomic mass is 19.4. The molecule has 0 radical (unpaired) electrons. The number of nitrogens with zero attached hydrogens (tertiary/aromatic N) is 2. The summed E-state index contributed by atoms with van der Waals surface area (Å²) in [7, 11) is 0. The summed E-state index contributed by atoms with van der Waals surface area (Å²) in [5.41, 5.74) is -0.454. The Bertz CT molecular complexity index is 970. The van der Waals surface area contributed by atoms with E-state index in [0.717, 1.165) is 6.20 Å². The van der Waals surface area contributed by atoms with E-state index in [4.69, 9.17) is 4.74 Å². The number of rotatable bonds is 5. The lowest BCUT2D eigenvalue weighted by Gasteiger charge is -2.24. The minimum Gasteiger partial charge on any atom is -0.486 e. The molecule has 3 rings (SSSR count). The van der Waals surface area contributed by atoms with E-state index >= 15 is 0 Å². The Balaban J connectivity index is 1.98. The van der Waals surface area contributed by atoms with Crippen molar-refractivity contribution in [2.75, 3.05) is 10.6 Å². The molecular formula is C21H21F3N4O. The molecule has 0 unspecified atom stereocenters. The van der Waals surface area contributed by atoms with Crippen LogP contribution in [0.5, 0.6) is 5.75 Å². The second-order valence-electron chi connectivity index (χ2n) is 7.28. The van der Waals surface area contributed by atoms with Crippen molar-refractivity contribution in [3.63, 3.8) is 0 Å². The van der Waals surface area contributed by atoms with Gasteiger partial charge in [-0.15, -0.1) is 0 Å². The second-order valence-corrected chi connectivity index (χ2v) is 7.28. The minimum atomic E-state index is -4.62. The highest BCUT2D eigenvalue weighted by molar-refractivity contribution is 5.67. The third kappa shape index (κ3) is 5.60. The Morgan fingerprint density at radius 2 is 1.52 bits per heavy atom. The van der Waals surface area contributed by atoms with Crippen LogP contribution >= 0.6 is 0 Å². The maximum Gasteiger partial charge on any atom is 0.421 e. The van der Waals surface area contributed by atoms with Crippen LogP contribution in [0.25, 0.3) is 0 Å². The van der Waals surface area contributed by atoms with Gasteiger partial charge in [0, 0.05) is 11.9 Å². The van der Waals surface area contributed by atoms with Crippen molar-refractivity contribution < 1.29 is 17.9 Å². The van der Waals surface area contributed by atoms with Crippen molar-refractivity contribution in [3.8, 4) is 5.75 Å². The summed E-state index contributed by atoms with van der Waals surface area (Å²) in [5, 5.41) is 5.66. The lowest BCUT2D eigenvalue weighted by atomic mass is 10.2. The van der Waals surface area contributed by atoms with E-state index in [9.17, 15) is 13.2 Å². The third-order valence-electron chi connectivity index (χ3n) is 3.68. The largest absolute Gasteiger partial charge is 0.486 e. The molecule has 0 spiro atoms. The van der Waals surface area contributed by atoms with Gasteiger partial charge in [0.2, 0.25) is 5.95 Å². The van der Waals surface area contributed by atoms with Gasteiger partial charge in [0.15, 0.2) is 0 Å². The van der Waals surface area contributed by atoms with Gasteiger partial charge in [0.25, 0.3) is 0 Å². The first-order chi connectivity index (χ1) is 13.6. The Morgan fingerprint density at radius 3 is 2.17 bits per heavy atom. The summed E-state index contributed by atoms with van der Waals surface area (Å²) in [6.45, 7) is 5.58. The van der Waals surface area contributed by atoms with Crippen LogP contribution < -0.4 is 15.4 Å². The van der Waals surface area contributed by atoms with E-state index in [-0.39, 0.29) is 11.8 Å². The van der Waals surface area contributed by atoms with Gasteiger partial charge in [-0.1, -0.05) is 30.3 Å².